The number of rotatable bonds is 7. The number of amides is 2. The highest BCUT2D eigenvalue weighted by Gasteiger charge is 2.11. The number of hydrogen-bond donors (Lipinski definition) is 2. The van der Waals surface area contributed by atoms with Crippen LogP contribution in [0, 0.1) is 0 Å². The Morgan fingerprint density at radius 3 is 2.42 bits per heavy atom. The van der Waals surface area contributed by atoms with Gasteiger partial charge in [-0.15, -0.1) is 0 Å². The summed E-state index contributed by atoms with van der Waals surface area (Å²) in [7, 11) is 0. The van der Waals surface area contributed by atoms with Gasteiger partial charge in [0.25, 0.3) is 0 Å². The van der Waals surface area contributed by atoms with Crippen molar-refractivity contribution in [2.24, 2.45) is 5.10 Å². The molecule has 2 N–H and O–H groups in total. The zero-order valence-corrected chi connectivity index (χ0v) is 15.1. The number of carbonyl (C=O) groups is 2. The standard InChI is InChI=1S/C19H20ClN3O3/c1-2-11-26-17-9-5-15(6-10-17)13-22-23-19(25)18(24)21-12-14-3-7-16(20)8-4-14/h3-10,13H,2,11-12H2,1H3,(H,21,24)(H,23,25)/b22-13-. The van der Waals surface area contributed by atoms with Gasteiger partial charge < -0.3 is 10.1 Å². The molecule has 0 aliphatic carbocycles. The average Bonchev–Trinajstić information content (AvgIpc) is 2.66. The van der Waals surface area contributed by atoms with Crippen molar-refractivity contribution in [3.05, 3.63) is 64.7 Å². The molecule has 0 heterocycles. The number of nitrogens with one attached hydrogen (secondary N) is 2. The normalized spacial score (nSPS) is 10.5. The third-order valence-corrected chi connectivity index (χ3v) is 3.56. The minimum atomic E-state index is -0.835. The molecule has 0 unspecified atom stereocenters. The second-order valence-corrected chi connectivity index (χ2v) is 5.86. The largest absolute Gasteiger partial charge is 0.494 e. The Morgan fingerprint density at radius 2 is 1.77 bits per heavy atom. The van der Waals surface area contributed by atoms with Crippen LogP contribution in [0.15, 0.2) is 53.6 Å². The molecule has 0 fully saturated rings. The molecule has 0 radical (unpaired) electrons. The van der Waals surface area contributed by atoms with Gasteiger partial charge in [-0.2, -0.15) is 5.10 Å². The van der Waals surface area contributed by atoms with Crippen LogP contribution in [-0.4, -0.2) is 24.6 Å². The summed E-state index contributed by atoms with van der Waals surface area (Å²) in [6.45, 7) is 2.93. The van der Waals surface area contributed by atoms with E-state index in [4.69, 9.17) is 16.3 Å². The van der Waals surface area contributed by atoms with Crippen LogP contribution < -0.4 is 15.5 Å². The monoisotopic (exact) mass is 373 g/mol. The predicted octanol–water partition coefficient (Wildman–Crippen LogP) is 2.90. The van der Waals surface area contributed by atoms with E-state index in [0.29, 0.717) is 11.6 Å². The van der Waals surface area contributed by atoms with E-state index in [0.717, 1.165) is 23.3 Å². The smallest absolute Gasteiger partial charge is 0.329 e. The molecule has 0 aliphatic heterocycles. The van der Waals surface area contributed by atoms with Crippen LogP contribution in [0.5, 0.6) is 5.75 Å². The summed E-state index contributed by atoms with van der Waals surface area (Å²) in [4.78, 5) is 23.4. The summed E-state index contributed by atoms with van der Waals surface area (Å²) in [5.74, 6) is -0.826. The van der Waals surface area contributed by atoms with Gasteiger partial charge in [0.05, 0.1) is 12.8 Å². The molecular formula is C19H20ClN3O3. The summed E-state index contributed by atoms with van der Waals surface area (Å²) >= 11 is 5.79. The van der Waals surface area contributed by atoms with E-state index in [-0.39, 0.29) is 6.54 Å². The molecule has 0 atom stereocenters. The molecule has 0 bridgehead atoms. The van der Waals surface area contributed by atoms with Gasteiger partial charge in [-0.3, -0.25) is 9.59 Å². The lowest BCUT2D eigenvalue weighted by atomic mass is 10.2. The zero-order valence-electron chi connectivity index (χ0n) is 14.4. The van der Waals surface area contributed by atoms with Gasteiger partial charge in [0.1, 0.15) is 5.75 Å². The fraction of sp³-hybridized carbons (Fsp3) is 0.211. The van der Waals surface area contributed by atoms with E-state index in [1.54, 1.807) is 36.4 Å². The number of carbonyl (C=O) groups excluding carboxylic acids is 2. The predicted molar refractivity (Wildman–Crippen MR) is 101 cm³/mol. The summed E-state index contributed by atoms with van der Waals surface area (Å²) in [5.41, 5.74) is 3.80. The molecule has 0 aliphatic rings. The third-order valence-electron chi connectivity index (χ3n) is 3.31. The quantitative estimate of drug-likeness (QED) is 0.445. The second kappa shape index (κ2) is 10.2. The maximum atomic E-state index is 11.7. The van der Waals surface area contributed by atoms with Crippen LogP contribution in [0.4, 0.5) is 0 Å². The molecule has 0 spiro atoms. The molecule has 136 valence electrons. The van der Waals surface area contributed by atoms with Crippen molar-refractivity contribution in [2.75, 3.05) is 6.61 Å². The molecule has 6 nitrogen and oxygen atoms in total. The molecule has 0 saturated heterocycles. The lowest BCUT2D eigenvalue weighted by Gasteiger charge is -2.05. The Bertz CT molecular complexity index is 759. The van der Waals surface area contributed by atoms with Crippen molar-refractivity contribution in [1.29, 1.82) is 0 Å². The maximum absolute atomic E-state index is 11.7. The molecule has 7 heteroatoms. The van der Waals surface area contributed by atoms with E-state index in [1.807, 2.05) is 19.1 Å². The fourth-order valence-corrected chi connectivity index (χ4v) is 2.08. The van der Waals surface area contributed by atoms with Gasteiger partial charge in [0.2, 0.25) is 0 Å². The van der Waals surface area contributed by atoms with E-state index in [2.05, 4.69) is 15.8 Å². The number of ether oxygens (including phenoxy) is 1. The minimum Gasteiger partial charge on any atom is -0.494 e. The molecule has 0 saturated carbocycles. The lowest BCUT2D eigenvalue weighted by Crippen LogP contribution is -2.37. The molecule has 2 amide bonds. The van der Waals surface area contributed by atoms with Crippen molar-refractivity contribution >= 4 is 29.6 Å². The lowest BCUT2D eigenvalue weighted by molar-refractivity contribution is -0.139. The van der Waals surface area contributed by atoms with E-state index >= 15 is 0 Å². The van der Waals surface area contributed by atoms with Gasteiger partial charge in [0.15, 0.2) is 0 Å². The molecule has 2 rings (SSSR count). The number of hydrogen-bond acceptors (Lipinski definition) is 4. The maximum Gasteiger partial charge on any atom is 0.329 e. The van der Waals surface area contributed by atoms with Crippen LogP contribution in [-0.2, 0) is 16.1 Å². The van der Waals surface area contributed by atoms with Crippen LogP contribution in [0.1, 0.15) is 24.5 Å². The number of benzene rings is 2. The topological polar surface area (TPSA) is 79.8 Å². The summed E-state index contributed by atoms with van der Waals surface area (Å²) in [6.07, 6.45) is 2.39. The molecule has 26 heavy (non-hydrogen) atoms. The highest BCUT2D eigenvalue weighted by Crippen LogP contribution is 2.11. The molecule has 2 aromatic rings. The Labute approximate surface area is 157 Å². The first-order valence-corrected chi connectivity index (χ1v) is 8.55. The zero-order chi connectivity index (χ0) is 18.8. The van der Waals surface area contributed by atoms with Gasteiger partial charge >= 0.3 is 11.8 Å². The second-order valence-electron chi connectivity index (χ2n) is 5.43. The third kappa shape index (κ3) is 6.57. The SMILES string of the molecule is CCCOc1ccc(/C=N\NC(=O)C(=O)NCc2ccc(Cl)cc2)cc1. The Kier molecular flexibility index (Phi) is 7.64. The first-order valence-electron chi connectivity index (χ1n) is 8.17. The van der Waals surface area contributed by atoms with E-state index in [1.165, 1.54) is 6.21 Å². The van der Waals surface area contributed by atoms with Crippen molar-refractivity contribution in [3.63, 3.8) is 0 Å². The van der Waals surface area contributed by atoms with Gasteiger partial charge in [-0.05, 0) is 53.9 Å². The van der Waals surface area contributed by atoms with E-state index < -0.39 is 11.8 Å². The van der Waals surface area contributed by atoms with Gasteiger partial charge in [-0.1, -0.05) is 30.7 Å². The van der Waals surface area contributed by atoms with Crippen LogP contribution in [0.25, 0.3) is 0 Å². The first kappa shape index (κ1) is 19.5. The van der Waals surface area contributed by atoms with Crippen molar-refractivity contribution in [3.8, 4) is 5.75 Å². The van der Waals surface area contributed by atoms with Crippen molar-refractivity contribution < 1.29 is 14.3 Å². The van der Waals surface area contributed by atoms with Crippen LogP contribution in [0.3, 0.4) is 0 Å². The minimum absolute atomic E-state index is 0.229. The highest BCUT2D eigenvalue weighted by atomic mass is 35.5. The van der Waals surface area contributed by atoms with Gasteiger partial charge in [0, 0.05) is 11.6 Å². The van der Waals surface area contributed by atoms with E-state index in [9.17, 15) is 9.59 Å². The average molecular weight is 374 g/mol. The Balaban J connectivity index is 1.76. The number of nitrogens with zero attached hydrogens (tertiary/aromatic N) is 1. The molecule has 0 aromatic heterocycles. The molecular weight excluding hydrogens is 354 g/mol. The van der Waals surface area contributed by atoms with Crippen LogP contribution >= 0.6 is 11.6 Å². The number of halogens is 1. The Hall–Kier alpha value is -2.86. The number of hydrazone groups is 1. The fourth-order valence-electron chi connectivity index (χ4n) is 1.95. The summed E-state index contributed by atoms with van der Waals surface area (Å²) in [6, 6.07) is 14.2. The van der Waals surface area contributed by atoms with Gasteiger partial charge in [-0.25, -0.2) is 5.43 Å². The summed E-state index contributed by atoms with van der Waals surface area (Å²) < 4.78 is 5.48. The van der Waals surface area contributed by atoms with Crippen molar-refractivity contribution in [1.82, 2.24) is 10.7 Å². The molecule has 2 aromatic carbocycles. The van der Waals surface area contributed by atoms with Crippen LogP contribution in [0.2, 0.25) is 5.02 Å². The summed E-state index contributed by atoms with van der Waals surface area (Å²) in [5, 5.41) is 6.90. The highest BCUT2D eigenvalue weighted by molar-refractivity contribution is 6.35. The van der Waals surface area contributed by atoms with Crippen molar-refractivity contribution in [2.45, 2.75) is 19.9 Å². The first-order chi connectivity index (χ1) is 12.6. The Morgan fingerprint density at radius 1 is 1.08 bits per heavy atom.